The Morgan fingerprint density at radius 2 is 2.11 bits per heavy atom. The van der Waals surface area contributed by atoms with E-state index in [1.165, 1.54) is 0 Å². The Hall–Kier alpha value is -1.10. The summed E-state index contributed by atoms with van der Waals surface area (Å²) >= 11 is 0. The molecule has 2 aliphatic heterocycles. The maximum Gasteiger partial charge on any atom is 0.245 e. The molecule has 2 saturated heterocycles. The van der Waals surface area contributed by atoms with Crippen LogP contribution >= 0.6 is 0 Å². The number of piperazine rings is 1. The number of hydrogen-bond acceptors (Lipinski definition) is 3. The summed E-state index contributed by atoms with van der Waals surface area (Å²) in [7, 11) is 0. The second-order valence-corrected chi connectivity index (χ2v) is 5.64. The summed E-state index contributed by atoms with van der Waals surface area (Å²) < 4.78 is 5.60. The molecule has 100 valence electrons. The number of nitrogens with one attached hydrogen (secondary N) is 1. The van der Waals surface area contributed by atoms with Crippen LogP contribution in [0.15, 0.2) is 0 Å². The molecule has 3 rings (SSSR count). The fraction of sp³-hybridized carbons (Fsp3) is 0.846. The van der Waals surface area contributed by atoms with E-state index in [0.717, 1.165) is 32.3 Å². The summed E-state index contributed by atoms with van der Waals surface area (Å²) in [6.07, 6.45) is 4.29. The van der Waals surface area contributed by atoms with Crippen molar-refractivity contribution in [3.05, 3.63) is 0 Å². The molecule has 3 atom stereocenters. The summed E-state index contributed by atoms with van der Waals surface area (Å²) in [4.78, 5) is 26.1. The minimum Gasteiger partial charge on any atom is -0.376 e. The van der Waals surface area contributed by atoms with Crippen molar-refractivity contribution in [2.75, 3.05) is 13.2 Å². The Labute approximate surface area is 107 Å². The van der Waals surface area contributed by atoms with Crippen LogP contribution < -0.4 is 5.32 Å². The summed E-state index contributed by atoms with van der Waals surface area (Å²) in [5, 5.41) is 2.78. The highest BCUT2D eigenvalue weighted by Crippen LogP contribution is 2.37. The van der Waals surface area contributed by atoms with Gasteiger partial charge in [-0.05, 0) is 38.5 Å². The molecule has 0 radical (unpaired) electrons. The predicted molar refractivity (Wildman–Crippen MR) is 64.8 cm³/mol. The molecule has 1 N–H and O–H groups in total. The zero-order valence-corrected chi connectivity index (χ0v) is 10.7. The number of rotatable bonds is 3. The fourth-order valence-corrected chi connectivity index (χ4v) is 2.98. The summed E-state index contributed by atoms with van der Waals surface area (Å²) in [5.41, 5.74) is 0. The van der Waals surface area contributed by atoms with Gasteiger partial charge in [-0.2, -0.15) is 0 Å². The lowest BCUT2D eigenvalue weighted by Crippen LogP contribution is -2.64. The quantitative estimate of drug-likeness (QED) is 0.785. The molecule has 3 aliphatic rings. The van der Waals surface area contributed by atoms with Crippen LogP contribution in [-0.2, 0) is 14.3 Å². The molecule has 0 aromatic rings. The van der Waals surface area contributed by atoms with E-state index in [1.807, 2.05) is 0 Å². The van der Waals surface area contributed by atoms with Gasteiger partial charge in [0.1, 0.15) is 12.1 Å². The average molecular weight is 252 g/mol. The van der Waals surface area contributed by atoms with Crippen molar-refractivity contribution >= 4 is 11.8 Å². The van der Waals surface area contributed by atoms with E-state index in [1.54, 1.807) is 11.8 Å². The number of amides is 2. The van der Waals surface area contributed by atoms with Crippen LogP contribution in [0.2, 0.25) is 0 Å². The van der Waals surface area contributed by atoms with Gasteiger partial charge in [-0.15, -0.1) is 0 Å². The lowest BCUT2D eigenvalue weighted by atomic mass is 10.0. The van der Waals surface area contributed by atoms with E-state index in [4.69, 9.17) is 4.74 Å². The molecule has 3 fully saturated rings. The van der Waals surface area contributed by atoms with Crippen molar-refractivity contribution < 1.29 is 14.3 Å². The van der Waals surface area contributed by atoms with Crippen LogP contribution in [0, 0.1) is 5.92 Å². The van der Waals surface area contributed by atoms with Crippen molar-refractivity contribution in [3.8, 4) is 0 Å². The summed E-state index contributed by atoms with van der Waals surface area (Å²) in [6.45, 7) is 3.12. The number of carbonyl (C=O) groups excluding carboxylic acids is 2. The first-order valence-corrected chi connectivity index (χ1v) is 6.89. The highest BCUT2D eigenvalue weighted by molar-refractivity contribution is 5.97. The van der Waals surface area contributed by atoms with Gasteiger partial charge in [-0.3, -0.25) is 9.59 Å². The van der Waals surface area contributed by atoms with E-state index in [2.05, 4.69) is 5.32 Å². The zero-order chi connectivity index (χ0) is 12.7. The highest BCUT2D eigenvalue weighted by Gasteiger charge is 2.47. The first-order valence-electron chi connectivity index (χ1n) is 6.89. The van der Waals surface area contributed by atoms with Gasteiger partial charge in [0.2, 0.25) is 11.8 Å². The molecule has 18 heavy (non-hydrogen) atoms. The van der Waals surface area contributed by atoms with E-state index in [9.17, 15) is 9.59 Å². The maximum absolute atomic E-state index is 12.3. The Morgan fingerprint density at radius 1 is 1.33 bits per heavy atom. The first kappa shape index (κ1) is 12.0. The Kier molecular flexibility index (Phi) is 3.01. The van der Waals surface area contributed by atoms with Gasteiger partial charge >= 0.3 is 0 Å². The van der Waals surface area contributed by atoms with Gasteiger partial charge < -0.3 is 15.0 Å². The second kappa shape index (κ2) is 4.53. The number of hydrogen-bond donors (Lipinski definition) is 1. The van der Waals surface area contributed by atoms with Crippen LogP contribution in [0.3, 0.4) is 0 Å². The molecule has 1 saturated carbocycles. The number of carbonyl (C=O) groups is 2. The molecule has 2 amide bonds. The molecule has 5 heteroatoms. The van der Waals surface area contributed by atoms with Crippen LogP contribution in [0.1, 0.15) is 32.6 Å². The second-order valence-electron chi connectivity index (χ2n) is 5.64. The SMILES string of the molecule is CC1NC(=O)C(C2CC2)N(CC2CCCO2)C1=O. The third-order valence-electron chi connectivity index (χ3n) is 4.11. The molecule has 0 aromatic heterocycles. The molecular formula is C13H20N2O3. The molecular weight excluding hydrogens is 232 g/mol. The third-order valence-corrected chi connectivity index (χ3v) is 4.11. The molecule has 1 aliphatic carbocycles. The van der Waals surface area contributed by atoms with Crippen LogP contribution in [-0.4, -0.2) is 48.1 Å². The van der Waals surface area contributed by atoms with Gasteiger partial charge in [0.05, 0.1) is 6.10 Å². The topological polar surface area (TPSA) is 58.6 Å². The van der Waals surface area contributed by atoms with Crippen molar-refractivity contribution in [1.29, 1.82) is 0 Å². The van der Waals surface area contributed by atoms with Gasteiger partial charge in [0, 0.05) is 13.2 Å². The number of nitrogens with zero attached hydrogens (tertiary/aromatic N) is 1. The van der Waals surface area contributed by atoms with Gasteiger partial charge in [-0.1, -0.05) is 0 Å². The minimum absolute atomic E-state index is 0.0163. The molecule has 3 unspecified atom stereocenters. The smallest absolute Gasteiger partial charge is 0.245 e. The molecule has 5 nitrogen and oxygen atoms in total. The molecule has 0 spiro atoms. The van der Waals surface area contributed by atoms with Crippen molar-refractivity contribution in [2.45, 2.75) is 50.8 Å². The van der Waals surface area contributed by atoms with Crippen molar-refractivity contribution in [1.82, 2.24) is 10.2 Å². The predicted octanol–water partition coefficient (Wildman–Crippen LogP) is 0.291. The summed E-state index contributed by atoms with van der Waals surface area (Å²) in [5.74, 6) is 0.424. The Balaban J connectivity index is 1.75. The van der Waals surface area contributed by atoms with Crippen LogP contribution in [0.25, 0.3) is 0 Å². The van der Waals surface area contributed by atoms with E-state index >= 15 is 0 Å². The lowest BCUT2D eigenvalue weighted by molar-refractivity contribution is -0.151. The van der Waals surface area contributed by atoms with Gasteiger partial charge in [-0.25, -0.2) is 0 Å². The largest absolute Gasteiger partial charge is 0.376 e. The van der Waals surface area contributed by atoms with Crippen molar-refractivity contribution in [3.63, 3.8) is 0 Å². The summed E-state index contributed by atoms with van der Waals surface area (Å²) in [6, 6.07) is -0.646. The van der Waals surface area contributed by atoms with E-state index in [-0.39, 0.29) is 24.0 Å². The normalized spacial score (nSPS) is 36.9. The Bertz CT molecular complexity index is 361. The fourth-order valence-electron chi connectivity index (χ4n) is 2.98. The minimum atomic E-state index is -0.395. The average Bonchev–Trinajstić information content (AvgIpc) is 3.02. The lowest BCUT2D eigenvalue weighted by Gasteiger charge is -2.39. The highest BCUT2D eigenvalue weighted by atomic mass is 16.5. The maximum atomic E-state index is 12.3. The molecule has 0 aromatic carbocycles. The van der Waals surface area contributed by atoms with Crippen LogP contribution in [0.5, 0.6) is 0 Å². The van der Waals surface area contributed by atoms with Crippen molar-refractivity contribution in [2.24, 2.45) is 5.92 Å². The Morgan fingerprint density at radius 3 is 2.72 bits per heavy atom. The van der Waals surface area contributed by atoms with E-state index < -0.39 is 6.04 Å². The number of ether oxygens (including phenoxy) is 1. The molecule has 0 bridgehead atoms. The van der Waals surface area contributed by atoms with Gasteiger partial charge in [0.15, 0.2) is 0 Å². The van der Waals surface area contributed by atoms with Crippen LogP contribution in [0.4, 0.5) is 0 Å². The van der Waals surface area contributed by atoms with Gasteiger partial charge in [0.25, 0.3) is 0 Å². The zero-order valence-electron chi connectivity index (χ0n) is 10.7. The standard InChI is InChI=1S/C13H20N2O3/c1-8-13(17)15(7-10-3-2-6-18-10)11(9-4-5-9)12(16)14-8/h8-11H,2-7H2,1H3,(H,14,16). The molecule has 2 heterocycles. The first-order chi connectivity index (χ1) is 8.66. The third kappa shape index (κ3) is 2.11. The monoisotopic (exact) mass is 252 g/mol. The van der Waals surface area contributed by atoms with E-state index in [0.29, 0.717) is 12.5 Å².